The highest BCUT2D eigenvalue weighted by molar-refractivity contribution is 7.15. The van der Waals surface area contributed by atoms with Crippen molar-refractivity contribution < 1.29 is 23.8 Å². The van der Waals surface area contributed by atoms with Crippen molar-refractivity contribution in [3.8, 4) is 16.1 Å². The molecule has 2 aliphatic rings. The topological polar surface area (TPSA) is 154 Å². The highest BCUT2D eigenvalue weighted by Crippen LogP contribution is 2.39. The molecule has 3 aromatic heterocycles. The van der Waals surface area contributed by atoms with Crippen molar-refractivity contribution in [1.29, 1.82) is 0 Å². The predicted molar refractivity (Wildman–Crippen MR) is 214 cm³/mol. The molecule has 0 fully saturated rings. The van der Waals surface area contributed by atoms with Crippen molar-refractivity contribution >= 4 is 52.0 Å². The van der Waals surface area contributed by atoms with E-state index in [1.165, 1.54) is 4.88 Å². The standard InChI is InChI=1S/C40H43ClN8O5S/c1-24-25(2)55-40-37(24)38(27-4-7-31(41)8-5-27)46-33(39-48-47-26(3)49(39)40)23-35(50)44-13-15-53-17-19-54-18-16-52-14-12-43-34-21-29(10-11-42-34)28-6-9-32-30(20-28)22-36(51)45-32/h4-11,20-21,33H,12-19,22-23H2,1-3H3,(H,42,43)(H,44,50)(H,45,51)/t33-/m0/s1. The van der Waals surface area contributed by atoms with Crippen molar-refractivity contribution in [2.75, 3.05) is 63.4 Å². The third kappa shape index (κ3) is 9.11. The first-order valence-electron chi connectivity index (χ1n) is 18.2. The smallest absolute Gasteiger partial charge is 0.228 e. The molecule has 2 aliphatic heterocycles. The van der Waals surface area contributed by atoms with Crippen LogP contribution in [0.5, 0.6) is 0 Å². The SMILES string of the molecule is Cc1sc2c(c1C)C(c1ccc(Cl)cc1)=N[C@@H](CC(=O)NCCOCCOCCOCCNc1cc(-c3ccc4c(c3)CC(=O)N4)ccn1)c1nnc(C)n1-2. The van der Waals surface area contributed by atoms with E-state index < -0.39 is 6.04 Å². The Morgan fingerprint density at radius 2 is 1.62 bits per heavy atom. The summed E-state index contributed by atoms with van der Waals surface area (Å²) in [6.07, 6.45) is 2.28. The molecule has 2 aromatic carbocycles. The lowest BCUT2D eigenvalue weighted by Crippen LogP contribution is -2.29. The number of aliphatic imine (C=N–C) groups is 1. The number of carbonyl (C=O) groups excluding carboxylic acids is 2. The van der Waals surface area contributed by atoms with Crippen LogP contribution < -0.4 is 16.0 Å². The van der Waals surface area contributed by atoms with Gasteiger partial charge >= 0.3 is 0 Å². The number of aryl methyl sites for hydroxylation is 2. The lowest BCUT2D eigenvalue weighted by Gasteiger charge is -2.13. The molecule has 0 radical (unpaired) electrons. The van der Waals surface area contributed by atoms with Gasteiger partial charge in [-0.2, -0.15) is 0 Å². The normalized spacial score (nSPS) is 14.4. The number of nitrogens with one attached hydrogen (secondary N) is 3. The van der Waals surface area contributed by atoms with Gasteiger partial charge in [0.15, 0.2) is 5.82 Å². The number of benzene rings is 2. The molecule has 0 aliphatic carbocycles. The fraction of sp³-hybridized carbons (Fsp3) is 0.350. The lowest BCUT2D eigenvalue weighted by atomic mass is 9.99. The maximum absolute atomic E-state index is 13.2. The van der Waals surface area contributed by atoms with Gasteiger partial charge in [0, 0.05) is 46.0 Å². The van der Waals surface area contributed by atoms with Crippen molar-refractivity contribution in [3.63, 3.8) is 0 Å². The molecule has 0 bridgehead atoms. The molecule has 7 rings (SSSR count). The number of nitrogens with zero attached hydrogens (tertiary/aromatic N) is 5. The van der Waals surface area contributed by atoms with Crippen LogP contribution in [0.4, 0.5) is 11.5 Å². The van der Waals surface area contributed by atoms with E-state index in [4.69, 9.17) is 30.8 Å². The van der Waals surface area contributed by atoms with E-state index in [-0.39, 0.29) is 18.2 Å². The van der Waals surface area contributed by atoms with E-state index in [0.717, 1.165) is 61.4 Å². The molecular formula is C40H43ClN8O5S. The minimum Gasteiger partial charge on any atom is -0.377 e. The van der Waals surface area contributed by atoms with Crippen LogP contribution in [0.15, 0.2) is 65.8 Å². The largest absolute Gasteiger partial charge is 0.377 e. The van der Waals surface area contributed by atoms with Gasteiger partial charge in [0.2, 0.25) is 11.8 Å². The Balaban J connectivity index is 0.790. The van der Waals surface area contributed by atoms with Crippen molar-refractivity contribution in [1.82, 2.24) is 25.1 Å². The summed E-state index contributed by atoms with van der Waals surface area (Å²) in [5.74, 6) is 2.01. The quantitative estimate of drug-likeness (QED) is 0.0961. The summed E-state index contributed by atoms with van der Waals surface area (Å²) in [5, 5.41) is 19.6. The van der Waals surface area contributed by atoms with Gasteiger partial charge in [0.05, 0.1) is 58.2 Å². The van der Waals surface area contributed by atoms with Gasteiger partial charge in [-0.1, -0.05) is 29.8 Å². The van der Waals surface area contributed by atoms with Gasteiger partial charge in [-0.15, -0.1) is 21.5 Å². The Kier molecular flexibility index (Phi) is 12.3. The molecule has 0 unspecified atom stereocenters. The van der Waals surface area contributed by atoms with Crippen LogP contribution in [0.1, 0.15) is 51.2 Å². The Bertz CT molecular complexity index is 2200. The average Bonchev–Trinajstić information content (AvgIpc) is 3.81. The van der Waals surface area contributed by atoms with Crippen LogP contribution in [-0.2, 0) is 30.2 Å². The van der Waals surface area contributed by atoms with E-state index in [1.54, 1.807) is 17.5 Å². The van der Waals surface area contributed by atoms with Crippen LogP contribution in [0.2, 0.25) is 5.02 Å². The van der Waals surface area contributed by atoms with Crippen molar-refractivity contribution in [2.24, 2.45) is 4.99 Å². The molecule has 5 aromatic rings. The number of anilines is 2. The van der Waals surface area contributed by atoms with E-state index in [9.17, 15) is 9.59 Å². The van der Waals surface area contributed by atoms with E-state index in [0.29, 0.717) is 70.0 Å². The predicted octanol–water partition coefficient (Wildman–Crippen LogP) is 6.02. The highest BCUT2D eigenvalue weighted by Gasteiger charge is 2.32. The molecular weight excluding hydrogens is 740 g/mol. The van der Waals surface area contributed by atoms with Crippen LogP contribution in [0.3, 0.4) is 0 Å². The molecule has 2 amide bonds. The van der Waals surface area contributed by atoms with Crippen LogP contribution >= 0.6 is 22.9 Å². The number of hydrogen-bond acceptors (Lipinski definition) is 11. The first kappa shape index (κ1) is 38.3. The molecule has 13 nitrogen and oxygen atoms in total. The summed E-state index contributed by atoms with van der Waals surface area (Å²) in [7, 11) is 0. The number of pyridine rings is 1. The van der Waals surface area contributed by atoms with Gasteiger partial charge in [-0.05, 0) is 79.4 Å². The van der Waals surface area contributed by atoms with E-state index in [2.05, 4.69) is 45.0 Å². The number of fused-ring (bicyclic) bond motifs is 4. The van der Waals surface area contributed by atoms with Gasteiger partial charge in [0.1, 0.15) is 22.7 Å². The monoisotopic (exact) mass is 782 g/mol. The molecule has 0 saturated heterocycles. The number of amides is 2. The second kappa shape index (κ2) is 17.6. The fourth-order valence-corrected chi connectivity index (χ4v) is 7.89. The first-order valence-corrected chi connectivity index (χ1v) is 19.4. The summed E-state index contributed by atoms with van der Waals surface area (Å²) >= 11 is 7.89. The minimum absolute atomic E-state index is 0.0235. The molecule has 3 N–H and O–H groups in total. The molecule has 5 heterocycles. The average molecular weight is 783 g/mol. The van der Waals surface area contributed by atoms with Gasteiger partial charge in [0.25, 0.3) is 0 Å². The Hall–Kier alpha value is -4.99. The number of halogens is 1. The maximum Gasteiger partial charge on any atom is 0.228 e. The van der Waals surface area contributed by atoms with Crippen LogP contribution in [-0.4, -0.2) is 90.0 Å². The summed E-state index contributed by atoms with van der Waals surface area (Å²) in [6, 6.07) is 17.0. The summed E-state index contributed by atoms with van der Waals surface area (Å²) in [4.78, 5) is 35.6. The number of hydrogen-bond donors (Lipinski definition) is 3. The molecule has 15 heteroatoms. The number of carbonyl (C=O) groups is 2. The molecule has 55 heavy (non-hydrogen) atoms. The Morgan fingerprint density at radius 1 is 0.909 bits per heavy atom. The fourth-order valence-electron chi connectivity index (χ4n) is 6.55. The number of aromatic nitrogens is 4. The van der Waals surface area contributed by atoms with E-state index in [1.807, 2.05) is 66.1 Å². The Labute approximate surface area is 328 Å². The zero-order chi connectivity index (χ0) is 38.3. The lowest BCUT2D eigenvalue weighted by molar-refractivity contribution is -0.121. The third-order valence-corrected chi connectivity index (χ3v) is 10.9. The number of ether oxygens (including phenoxy) is 3. The van der Waals surface area contributed by atoms with Gasteiger partial charge in [-0.3, -0.25) is 19.1 Å². The van der Waals surface area contributed by atoms with Crippen molar-refractivity contribution in [3.05, 3.63) is 105 Å². The first-order chi connectivity index (χ1) is 26.7. The number of rotatable bonds is 17. The molecule has 286 valence electrons. The zero-order valence-corrected chi connectivity index (χ0v) is 32.6. The zero-order valence-electron chi connectivity index (χ0n) is 31.0. The van der Waals surface area contributed by atoms with Gasteiger partial charge in [-0.25, -0.2) is 4.98 Å². The molecule has 0 saturated carbocycles. The second-order valence-corrected chi connectivity index (χ2v) is 14.9. The minimum atomic E-state index is -0.533. The summed E-state index contributed by atoms with van der Waals surface area (Å²) < 4.78 is 19.0. The van der Waals surface area contributed by atoms with E-state index >= 15 is 0 Å². The Morgan fingerprint density at radius 3 is 2.40 bits per heavy atom. The van der Waals surface area contributed by atoms with Crippen LogP contribution in [0, 0.1) is 20.8 Å². The maximum atomic E-state index is 13.2. The molecule has 0 spiro atoms. The summed E-state index contributed by atoms with van der Waals surface area (Å²) in [5.41, 5.74) is 7.85. The second-order valence-electron chi connectivity index (χ2n) is 13.2. The van der Waals surface area contributed by atoms with Gasteiger partial charge < -0.3 is 30.2 Å². The number of thiophene rings is 1. The van der Waals surface area contributed by atoms with Crippen molar-refractivity contribution in [2.45, 2.75) is 39.7 Å². The molecule has 1 atom stereocenters. The third-order valence-electron chi connectivity index (χ3n) is 9.42. The summed E-state index contributed by atoms with van der Waals surface area (Å²) in [6.45, 7) is 9.64. The van der Waals surface area contributed by atoms with Crippen LogP contribution in [0.25, 0.3) is 16.1 Å². The highest BCUT2D eigenvalue weighted by atomic mass is 35.5.